The number of imidazole rings is 2. The van der Waals surface area contributed by atoms with Gasteiger partial charge < -0.3 is 19.8 Å². The Bertz CT molecular complexity index is 3340. The van der Waals surface area contributed by atoms with Crippen molar-refractivity contribution in [2.75, 3.05) is 10.6 Å². The zero-order valence-corrected chi connectivity index (χ0v) is 31.6. The summed E-state index contributed by atoms with van der Waals surface area (Å²) in [5.41, 5.74) is 10.0. The molecule has 12 aromatic rings. The van der Waals surface area contributed by atoms with Gasteiger partial charge in [0.2, 0.25) is 11.6 Å². The summed E-state index contributed by atoms with van der Waals surface area (Å²) in [5.74, 6) is 4.05. The Hall–Kier alpha value is -8.46. The largest absolute Gasteiger partial charge is 0.340 e. The molecule has 0 spiro atoms. The van der Waals surface area contributed by atoms with Gasteiger partial charge >= 0.3 is 0 Å². The van der Waals surface area contributed by atoms with Gasteiger partial charge in [0.25, 0.3) is 0 Å². The highest BCUT2D eigenvalue weighted by molar-refractivity contribution is 6.08. The molecule has 2 N–H and O–H groups in total. The molecule has 0 aliphatic rings. The van der Waals surface area contributed by atoms with E-state index < -0.39 is 0 Å². The Morgan fingerprint density at radius 2 is 1.00 bits per heavy atom. The number of benzene rings is 2. The smallest absolute Gasteiger partial charge is 0.240 e. The molecule has 0 radical (unpaired) electrons. The van der Waals surface area contributed by atoms with Gasteiger partial charge in [0.15, 0.2) is 11.6 Å². The van der Waals surface area contributed by atoms with E-state index in [1.54, 1.807) is 0 Å². The second-order valence-corrected chi connectivity index (χ2v) is 14.5. The Morgan fingerprint density at radius 1 is 0.492 bits per heavy atom. The number of fused-ring (bicyclic) bond motifs is 2. The normalized spacial score (nSPS) is 11.9. The lowest BCUT2D eigenvalue weighted by atomic mass is 10.2. The highest BCUT2D eigenvalue weighted by Crippen LogP contribution is 2.38. The van der Waals surface area contributed by atoms with Crippen LogP contribution in [-0.2, 0) is 0 Å². The first-order valence-electron chi connectivity index (χ1n) is 19.0. The average molecular weight is 770 g/mol. The van der Waals surface area contributed by atoms with E-state index in [-0.39, 0.29) is 0 Å². The van der Waals surface area contributed by atoms with Crippen molar-refractivity contribution in [1.82, 2.24) is 62.5 Å². The van der Waals surface area contributed by atoms with Crippen LogP contribution in [0.1, 0.15) is 11.1 Å². The molecule has 9 aromatic heterocycles. The van der Waals surface area contributed by atoms with Crippen LogP contribution in [0.15, 0.2) is 141 Å². The summed E-state index contributed by atoms with van der Waals surface area (Å²) in [4.78, 5) is 38.1. The minimum atomic E-state index is 0.463. The summed E-state index contributed by atoms with van der Waals surface area (Å²) < 4.78 is 10.1. The van der Waals surface area contributed by atoms with Gasteiger partial charge in [0.1, 0.15) is 30.6 Å². The second kappa shape index (κ2) is 12.5. The standard InChI is InChI=1S/C44H31N15/c1-26-17-28(21-45-19-26)55-15-5-11-36(55)51-34-9-3-7-32-39(34)57(24-49-32)41-30-13-14-31-38(30)59-43(53-41)47-23-48-44(59)54-42(31)58-25-50-33-8-4-10-35(40(33)58)52-37-12-6-16-56(37)29-18-27(2)20-46-22-29/h3-25,51-52H,1-2H3. The summed E-state index contributed by atoms with van der Waals surface area (Å²) >= 11 is 0. The van der Waals surface area contributed by atoms with Crippen LogP contribution in [0.3, 0.4) is 0 Å². The maximum Gasteiger partial charge on any atom is 0.240 e. The quantitative estimate of drug-likeness (QED) is 0.154. The van der Waals surface area contributed by atoms with E-state index in [4.69, 9.17) is 19.9 Å². The summed E-state index contributed by atoms with van der Waals surface area (Å²) in [7, 11) is 0. The average Bonchev–Trinajstić information content (AvgIpc) is 4.11. The predicted octanol–water partition coefficient (Wildman–Crippen LogP) is 8.42. The number of nitrogens with zero attached hydrogens (tertiary/aromatic N) is 13. The third-order valence-electron chi connectivity index (χ3n) is 10.7. The summed E-state index contributed by atoms with van der Waals surface area (Å²) in [6.07, 6.45) is 16.6. The lowest BCUT2D eigenvalue weighted by Gasteiger charge is -2.16. The highest BCUT2D eigenvalue weighted by Gasteiger charge is 2.24. The molecule has 12 rings (SSSR count). The third-order valence-corrected chi connectivity index (χ3v) is 10.7. The molecule has 0 atom stereocenters. The number of nitrogens with one attached hydrogen (secondary N) is 2. The topological polar surface area (TPSA) is 151 Å². The van der Waals surface area contributed by atoms with E-state index in [0.717, 1.165) is 83.9 Å². The zero-order valence-electron chi connectivity index (χ0n) is 31.6. The van der Waals surface area contributed by atoms with Crippen LogP contribution in [-0.4, -0.2) is 62.5 Å². The van der Waals surface area contributed by atoms with Crippen LogP contribution in [0.5, 0.6) is 0 Å². The van der Waals surface area contributed by atoms with Crippen molar-refractivity contribution in [3.05, 3.63) is 152 Å². The van der Waals surface area contributed by atoms with E-state index in [1.165, 1.54) is 6.33 Å². The van der Waals surface area contributed by atoms with Crippen LogP contribution in [0.25, 0.3) is 72.9 Å². The third kappa shape index (κ3) is 5.07. The Kier molecular flexibility index (Phi) is 6.95. The number of aryl methyl sites for hydroxylation is 2. The van der Waals surface area contributed by atoms with Crippen molar-refractivity contribution < 1.29 is 0 Å². The fraction of sp³-hybridized carbons (Fsp3) is 0.0455. The fourth-order valence-electron chi connectivity index (χ4n) is 8.13. The van der Waals surface area contributed by atoms with Gasteiger partial charge in [-0.2, -0.15) is 9.97 Å². The first-order valence-corrected chi connectivity index (χ1v) is 19.0. The molecular weight excluding hydrogens is 739 g/mol. The molecule has 0 aliphatic carbocycles. The molecule has 0 amide bonds. The van der Waals surface area contributed by atoms with Gasteiger partial charge in [-0.05, 0) is 97.8 Å². The first kappa shape index (κ1) is 32.8. The number of rotatable bonds is 8. The summed E-state index contributed by atoms with van der Waals surface area (Å²) in [6, 6.07) is 28.6. The Balaban J connectivity index is 1.01. The van der Waals surface area contributed by atoms with E-state index in [2.05, 4.69) is 64.0 Å². The maximum atomic E-state index is 5.14. The van der Waals surface area contributed by atoms with Gasteiger partial charge in [0, 0.05) is 35.6 Å². The number of hydrogen-bond acceptors (Lipinski definition) is 10. The second-order valence-electron chi connectivity index (χ2n) is 14.5. The van der Waals surface area contributed by atoms with Gasteiger partial charge in [-0.1, -0.05) is 12.1 Å². The number of pyridine rings is 2. The van der Waals surface area contributed by atoms with Crippen molar-refractivity contribution in [2.45, 2.75) is 13.8 Å². The number of hydrogen-bond donors (Lipinski definition) is 2. The number of aromatic nitrogens is 13. The van der Waals surface area contributed by atoms with Crippen LogP contribution in [0, 0.1) is 13.8 Å². The minimum absolute atomic E-state index is 0.463. The van der Waals surface area contributed by atoms with Gasteiger partial charge in [-0.3, -0.25) is 19.1 Å². The number of anilines is 4. The lowest BCUT2D eigenvalue weighted by Crippen LogP contribution is -2.10. The van der Waals surface area contributed by atoms with E-state index in [9.17, 15) is 0 Å². The molecule has 0 unspecified atom stereocenters. The first-order chi connectivity index (χ1) is 29.1. The molecule has 9 heterocycles. The molecule has 15 nitrogen and oxygen atoms in total. The Morgan fingerprint density at radius 3 is 1.49 bits per heavy atom. The predicted molar refractivity (Wildman–Crippen MR) is 227 cm³/mol. The SMILES string of the molecule is Cc1cncc(-n2cccc2Nc2cccc3ncn(-c4nc5ncnc6nc(-n7cnc8cccc(Nc9cccn9-c9cncc(C)c9)c87)c7ccc4c7n56)c23)c1. The molecule has 0 fully saturated rings. The van der Waals surface area contributed by atoms with Crippen molar-refractivity contribution in [3.63, 3.8) is 0 Å². The molecule has 0 aliphatic heterocycles. The Labute approximate surface area is 334 Å². The van der Waals surface area contributed by atoms with E-state index in [0.29, 0.717) is 23.2 Å². The van der Waals surface area contributed by atoms with Crippen molar-refractivity contribution >= 4 is 72.9 Å². The fourth-order valence-corrected chi connectivity index (χ4v) is 8.13. The monoisotopic (exact) mass is 769 g/mol. The number of para-hydroxylation sites is 2. The van der Waals surface area contributed by atoms with Gasteiger partial charge in [-0.15, -0.1) is 0 Å². The van der Waals surface area contributed by atoms with Crippen LogP contribution in [0.4, 0.5) is 23.0 Å². The lowest BCUT2D eigenvalue weighted by molar-refractivity contribution is 0.958. The summed E-state index contributed by atoms with van der Waals surface area (Å²) in [6.45, 7) is 4.08. The molecule has 59 heavy (non-hydrogen) atoms. The van der Waals surface area contributed by atoms with Crippen LogP contribution in [0.2, 0.25) is 0 Å². The molecule has 0 saturated carbocycles. The molecular formula is C44H31N15. The van der Waals surface area contributed by atoms with E-state index in [1.807, 2.05) is 138 Å². The maximum absolute atomic E-state index is 5.14. The molecule has 0 saturated heterocycles. The zero-order chi connectivity index (χ0) is 39.2. The minimum Gasteiger partial charge on any atom is -0.340 e. The molecule has 3 aromatic carbocycles. The van der Waals surface area contributed by atoms with Crippen molar-refractivity contribution in [1.29, 1.82) is 0 Å². The van der Waals surface area contributed by atoms with Gasteiger partial charge in [-0.25, -0.2) is 24.3 Å². The summed E-state index contributed by atoms with van der Waals surface area (Å²) in [5, 5.41) is 9.12. The highest BCUT2D eigenvalue weighted by atomic mass is 15.3. The van der Waals surface area contributed by atoms with Gasteiger partial charge in [0.05, 0.1) is 62.7 Å². The molecule has 282 valence electrons. The van der Waals surface area contributed by atoms with Crippen LogP contribution >= 0.6 is 0 Å². The van der Waals surface area contributed by atoms with E-state index >= 15 is 0 Å². The van der Waals surface area contributed by atoms with Crippen molar-refractivity contribution in [3.8, 4) is 23.0 Å². The van der Waals surface area contributed by atoms with Crippen molar-refractivity contribution in [2.24, 2.45) is 0 Å². The van der Waals surface area contributed by atoms with Crippen LogP contribution < -0.4 is 10.6 Å². The molecule has 0 bridgehead atoms. The molecule has 15 heteroatoms.